The smallest absolute Gasteiger partial charge is 0.193 e. The summed E-state index contributed by atoms with van der Waals surface area (Å²) in [5, 5.41) is 9.90. The van der Waals surface area contributed by atoms with Crippen LogP contribution in [-0.4, -0.2) is 47.3 Å². The van der Waals surface area contributed by atoms with Crippen LogP contribution in [0.5, 0.6) is 0 Å². The first-order chi connectivity index (χ1) is 10.8. The summed E-state index contributed by atoms with van der Waals surface area (Å²) >= 11 is 1.81. The van der Waals surface area contributed by atoms with Gasteiger partial charge in [0.05, 0.1) is 6.20 Å². The number of likely N-dealkylation sites (tertiary alicyclic amines) is 1. The minimum absolute atomic E-state index is 0.560. The van der Waals surface area contributed by atoms with Gasteiger partial charge in [-0.05, 0) is 29.9 Å². The lowest BCUT2D eigenvalue weighted by molar-refractivity contribution is 0.486. The molecule has 1 aliphatic heterocycles. The van der Waals surface area contributed by atoms with E-state index < -0.39 is 0 Å². The standard InChI is InChI=1S/C16H23N5S/c1-17-16(18-7-5-15-4-3-9-22-15)21-8-6-13(12-21)14-10-19-20(2)11-14/h3-4,9-11,13H,5-8,12H2,1-2H3,(H,17,18). The summed E-state index contributed by atoms with van der Waals surface area (Å²) in [6, 6.07) is 4.29. The van der Waals surface area contributed by atoms with Gasteiger partial charge >= 0.3 is 0 Å². The molecule has 1 unspecified atom stereocenters. The van der Waals surface area contributed by atoms with Crippen molar-refractivity contribution in [2.24, 2.45) is 12.0 Å². The number of hydrogen-bond acceptors (Lipinski definition) is 3. The van der Waals surface area contributed by atoms with Crippen molar-refractivity contribution in [3.63, 3.8) is 0 Å². The van der Waals surface area contributed by atoms with Gasteiger partial charge < -0.3 is 10.2 Å². The monoisotopic (exact) mass is 317 g/mol. The number of aromatic nitrogens is 2. The quantitative estimate of drug-likeness (QED) is 0.694. The minimum atomic E-state index is 0.560. The highest BCUT2D eigenvalue weighted by molar-refractivity contribution is 7.09. The largest absolute Gasteiger partial charge is 0.356 e. The highest BCUT2D eigenvalue weighted by Crippen LogP contribution is 2.26. The Kier molecular flexibility index (Phi) is 4.77. The molecule has 22 heavy (non-hydrogen) atoms. The van der Waals surface area contributed by atoms with Crippen LogP contribution in [0.3, 0.4) is 0 Å². The van der Waals surface area contributed by atoms with Crippen molar-refractivity contribution in [3.05, 3.63) is 40.3 Å². The molecule has 2 aromatic heterocycles. The topological polar surface area (TPSA) is 45.5 Å². The molecule has 0 aromatic carbocycles. The van der Waals surface area contributed by atoms with Gasteiger partial charge in [-0.3, -0.25) is 9.67 Å². The third-order valence-corrected chi connectivity index (χ3v) is 5.07. The predicted molar refractivity (Wildman–Crippen MR) is 91.5 cm³/mol. The van der Waals surface area contributed by atoms with E-state index in [1.54, 1.807) is 0 Å². The summed E-state index contributed by atoms with van der Waals surface area (Å²) in [5.41, 5.74) is 1.33. The third kappa shape index (κ3) is 3.50. The van der Waals surface area contributed by atoms with Crippen molar-refractivity contribution in [2.75, 3.05) is 26.7 Å². The molecule has 1 fully saturated rings. The number of guanidine groups is 1. The average Bonchev–Trinajstić information content (AvgIpc) is 3.24. The van der Waals surface area contributed by atoms with Crippen molar-refractivity contribution >= 4 is 17.3 Å². The Labute approximate surface area is 135 Å². The molecule has 0 radical (unpaired) electrons. The average molecular weight is 317 g/mol. The van der Waals surface area contributed by atoms with Gasteiger partial charge in [0, 0.05) is 50.7 Å². The Morgan fingerprint density at radius 2 is 2.45 bits per heavy atom. The van der Waals surface area contributed by atoms with E-state index in [1.165, 1.54) is 10.4 Å². The second-order valence-corrected chi connectivity index (χ2v) is 6.71. The molecule has 1 atom stereocenters. The minimum Gasteiger partial charge on any atom is -0.356 e. The molecule has 3 heterocycles. The molecule has 0 spiro atoms. The molecule has 1 saturated heterocycles. The van der Waals surface area contributed by atoms with E-state index in [-0.39, 0.29) is 0 Å². The maximum atomic E-state index is 4.44. The van der Waals surface area contributed by atoms with Gasteiger partial charge in [0.25, 0.3) is 0 Å². The Morgan fingerprint density at radius 1 is 1.55 bits per heavy atom. The molecule has 1 N–H and O–H groups in total. The zero-order valence-corrected chi connectivity index (χ0v) is 14.0. The molecule has 118 valence electrons. The summed E-state index contributed by atoms with van der Waals surface area (Å²) in [7, 11) is 3.84. The van der Waals surface area contributed by atoms with E-state index in [9.17, 15) is 0 Å². The highest BCUT2D eigenvalue weighted by atomic mass is 32.1. The van der Waals surface area contributed by atoms with Crippen LogP contribution in [0.25, 0.3) is 0 Å². The number of rotatable bonds is 4. The first-order valence-electron chi connectivity index (χ1n) is 7.73. The Bertz CT molecular complexity index is 616. The van der Waals surface area contributed by atoms with Crippen LogP contribution >= 0.6 is 11.3 Å². The fourth-order valence-electron chi connectivity index (χ4n) is 2.96. The zero-order chi connectivity index (χ0) is 15.4. The molecule has 6 heteroatoms. The zero-order valence-electron chi connectivity index (χ0n) is 13.2. The molecule has 3 rings (SSSR count). The van der Waals surface area contributed by atoms with Crippen molar-refractivity contribution in [3.8, 4) is 0 Å². The van der Waals surface area contributed by atoms with Crippen molar-refractivity contribution < 1.29 is 0 Å². The molecule has 1 aliphatic rings. The fraction of sp³-hybridized carbons (Fsp3) is 0.500. The van der Waals surface area contributed by atoms with Gasteiger partial charge in [-0.2, -0.15) is 5.10 Å². The summed E-state index contributed by atoms with van der Waals surface area (Å²) < 4.78 is 1.88. The Hall–Kier alpha value is -1.82. The number of nitrogens with zero attached hydrogens (tertiary/aromatic N) is 4. The maximum Gasteiger partial charge on any atom is 0.193 e. The lowest BCUT2D eigenvalue weighted by Gasteiger charge is -2.21. The fourth-order valence-corrected chi connectivity index (χ4v) is 3.67. The van der Waals surface area contributed by atoms with Gasteiger partial charge in [-0.15, -0.1) is 11.3 Å². The SMILES string of the molecule is CN=C(NCCc1cccs1)N1CCC(c2cnn(C)c2)C1. The number of aryl methyl sites for hydroxylation is 1. The van der Waals surface area contributed by atoms with Crippen LogP contribution in [0.1, 0.15) is 22.8 Å². The van der Waals surface area contributed by atoms with Gasteiger partial charge in [-0.25, -0.2) is 0 Å². The van der Waals surface area contributed by atoms with Crippen molar-refractivity contribution in [1.29, 1.82) is 0 Å². The van der Waals surface area contributed by atoms with Gasteiger partial charge in [0.15, 0.2) is 5.96 Å². The van der Waals surface area contributed by atoms with Crippen molar-refractivity contribution in [2.45, 2.75) is 18.8 Å². The second kappa shape index (κ2) is 6.96. The number of thiophene rings is 1. The van der Waals surface area contributed by atoms with Crippen LogP contribution in [0.4, 0.5) is 0 Å². The number of hydrogen-bond donors (Lipinski definition) is 1. The number of nitrogens with one attached hydrogen (secondary N) is 1. The van der Waals surface area contributed by atoms with Crippen molar-refractivity contribution in [1.82, 2.24) is 20.0 Å². The molecular weight excluding hydrogens is 294 g/mol. The summed E-state index contributed by atoms with van der Waals surface area (Å²) in [4.78, 5) is 8.20. The summed E-state index contributed by atoms with van der Waals surface area (Å²) in [6.07, 6.45) is 6.33. The molecule has 2 aromatic rings. The molecule has 0 aliphatic carbocycles. The number of aliphatic imine (C=N–C) groups is 1. The first kappa shape index (κ1) is 15.1. The van der Waals surface area contributed by atoms with E-state index in [1.807, 2.05) is 36.3 Å². The van der Waals surface area contributed by atoms with E-state index in [4.69, 9.17) is 0 Å². The molecular formula is C16H23N5S. The second-order valence-electron chi connectivity index (χ2n) is 5.68. The predicted octanol–water partition coefficient (Wildman–Crippen LogP) is 2.09. The maximum absolute atomic E-state index is 4.44. The Balaban J connectivity index is 1.51. The van der Waals surface area contributed by atoms with E-state index in [2.05, 4.69) is 44.0 Å². The van der Waals surface area contributed by atoms with E-state index in [0.717, 1.165) is 38.4 Å². The van der Waals surface area contributed by atoms with Crippen LogP contribution < -0.4 is 5.32 Å². The molecule has 0 saturated carbocycles. The Morgan fingerprint density at radius 3 is 3.14 bits per heavy atom. The van der Waals surface area contributed by atoms with Crippen LogP contribution in [0.2, 0.25) is 0 Å². The van der Waals surface area contributed by atoms with Gasteiger partial charge in [0.2, 0.25) is 0 Å². The van der Waals surface area contributed by atoms with Crippen LogP contribution in [-0.2, 0) is 13.5 Å². The molecule has 0 bridgehead atoms. The molecule has 0 amide bonds. The summed E-state index contributed by atoms with van der Waals surface area (Å²) in [5.74, 6) is 1.58. The van der Waals surface area contributed by atoms with Crippen LogP contribution in [0, 0.1) is 0 Å². The van der Waals surface area contributed by atoms with Gasteiger partial charge in [0.1, 0.15) is 0 Å². The third-order valence-electron chi connectivity index (χ3n) is 4.13. The highest BCUT2D eigenvalue weighted by Gasteiger charge is 2.26. The lowest BCUT2D eigenvalue weighted by atomic mass is 10.0. The summed E-state index contributed by atoms with van der Waals surface area (Å²) in [6.45, 7) is 3.00. The van der Waals surface area contributed by atoms with E-state index >= 15 is 0 Å². The first-order valence-corrected chi connectivity index (χ1v) is 8.60. The van der Waals surface area contributed by atoms with Gasteiger partial charge in [-0.1, -0.05) is 6.07 Å². The normalized spacial score (nSPS) is 18.9. The van der Waals surface area contributed by atoms with E-state index in [0.29, 0.717) is 5.92 Å². The lowest BCUT2D eigenvalue weighted by Crippen LogP contribution is -2.40. The molecule has 5 nitrogen and oxygen atoms in total. The van der Waals surface area contributed by atoms with Crippen LogP contribution in [0.15, 0.2) is 34.9 Å².